The monoisotopic (exact) mass is 388 g/mol. The van der Waals surface area contributed by atoms with E-state index in [4.69, 9.17) is 0 Å². The van der Waals surface area contributed by atoms with Crippen LogP contribution in [0.5, 0.6) is 0 Å². The van der Waals surface area contributed by atoms with Crippen LogP contribution in [0.2, 0.25) is 0 Å². The Morgan fingerprint density at radius 1 is 1.10 bits per heavy atom. The van der Waals surface area contributed by atoms with Crippen molar-refractivity contribution in [1.82, 2.24) is 24.5 Å². The predicted octanol–water partition coefficient (Wildman–Crippen LogP) is 2.50. The second-order valence-electron chi connectivity index (χ2n) is 7.91. The summed E-state index contributed by atoms with van der Waals surface area (Å²) in [5.74, 6) is 1.61. The highest BCUT2D eigenvalue weighted by Gasteiger charge is 2.25. The molecular weight excluding hydrogens is 364 g/mol. The van der Waals surface area contributed by atoms with Crippen molar-refractivity contribution in [3.63, 3.8) is 0 Å². The summed E-state index contributed by atoms with van der Waals surface area (Å²) in [7, 11) is 0. The van der Waals surface area contributed by atoms with Crippen LogP contribution in [-0.2, 0) is 19.4 Å². The summed E-state index contributed by atoms with van der Waals surface area (Å²) in [6.45, 7) is 2.67. The van der Waals surface area contributed by atoms with Gasteiger partial charge in [0.05, 0.1) is 12.0 Å². The van der Waals surface area contributed by atoms with E-state index in [1.165, 1.54) is 17.7 Å². The summed E-state index contributed by atoms with van der Waals surface area (Å²) in [5.41, 5.74) is 4.10. The fourth-order valence-corrected chi connectivity index (χ4v) is 4.46. The minimum Gasteiger partial charge on any atom is -0.356 e. The van der Waals surface area contributed by atoms with E-state index in [2.05, 4.69) is 24.8 Å². The second kappa shape index (κ2) is 7.73. The van der Waals surface area contributed by atoms with Gasteiger partial charge in [-0.25, -0.2) is 15.0 Å². The van der Waals surface area contributed by atoms with Gasteiger partial charge in [0.15, 0.2) is 0 Å². The molecule has 0 bridgehead atoms. The molecule has 4 heterocycles. The van der Waals surface area contributed by atoms with Crippen LogP contribution in [0.15, 0.2) is 48.0 Å². The molecule has 2 aliphatic rings. The fraction of sp³-hybridized carbons (Fsp3) is 0.409. The molecule has 0 amide bonds. The van der Waals surface area contributed by atoms with Crippen molar-refractivity contribution in [2.75, 3.05) is 18.0 Å². The van der Waals surface area contributed by atoms with Gasteiger partial charge in [0, 0.05) is 54.9 Å². The Bertz CT molecular complexity index is 1060. The van der Waals surface area contributed by atoms with E-state index in [0.29, 0.717) is 11.6 Å². The molecule has 5 rings (SSSR count). The first-order valence-corrected chi connectivity index (χ1v) is 10.3. The van der Waals surface area contributed by atoms with Gasteiger partial charge in [-0.05, 0) is 50.2 Å². The Morgan fingerprint density at radius 3 is 2.79 bits per heavy atom. The van der Waals surface area contributed by atoms with Crippen molar-refractivity contribution >= 4 is 5.82 Å². The van der Waals surface area contributed by atoms with Crippen LogP contribution in [-0.4, -0.2) is 37.6 Å². The van der Waals surface area contributed by atoms with Gasteiger partial charge in [-0.15, -0.1) is 0 Å². The Morgan fingerprint density at radius 2 is 2.00 bits per heavy atom. The topological polar surface area (TPSA) is 76.8 Å². The van der Waals surface area contributed by atoms with Crippen LogP contribution in [0, 0.1) is 5.92 Å². The molecule has 3 aromatic heterocycles. The normalized spacial score (nSPS) is 16.8. The number of anilines is 1. The zero-order chi connectivity index (χ0) is 19.6. The maximum atomic E-state index is 12.6. The van der Waals surface area contributed by atoms with Crippen molar-refractivity contribution in [2.24, 2.45) is 5.92 Å². The third kappa shape index (κ3) is 3.64. The van der Waals surface area contributed by atoms with Crippen LogP contribution in [0.3, 0.4) is 0 Å². The van der Waals surface area contributed by atoms with E-state index >= 15 is 0 Å². The van der Waals surface area contributed by atoms with Crippen LogP contribution in [0.25, 0.3) is 11.3 Å². The molecule has 148 valence electrons. The maximum Gasteiger partial charge on any atom is 0.253 e. The first-order valence-electron chi connectivity index (χ1n) is 10.3. The Labute approximate surface area is 169 Å². The molecule has 0 radical (unpaired) electrons. The maximum absolute atomic E-state index is 12.6. The summed E-state index contributed by atoms with van der Waals surface area (Å²) in [6, 6.07) is 5.37. The smallest absolute Gasteiger partial charge is 0.253 e. The SMILES string of the molecule is O=c1cc(-c2cccnc2)ncn1CC1CCN(c2ncnc3c2CCC3)CC1. The van der Waals surface area contributed by atoms with Crippen molar-refractivity contribution in [2.45, 2.75) is 38.6 Å². The quantitative estimate of drug-likeness (QED) is 0.683. The van der Waals surface area contributed by atoms with E-state index in [9.17, 15) is 4.79 Å². The van der Waals surface area contributed by atoms with Gasteiger partial charge in [0.25, 0.3) is 5.56 Å². The van der Waals surface area contributed by atoms with E-state index in [0.717, 1.165) is 56.7 Å². The first-order chi connectivity index (χ1) is 14.3. The minimum atomic E-state index is -0.00472. The molecule has 1 aliphatic carbocycles. The molecular formula is C22H24N6O. The average molecular weight is 388 g/mol. The lowest BCUT2D eigenvalue weighted by atomic mass is 9.96. The Kier molecular flexibility index (Phi) is 4.79. The van der Waals surface area contributed by atoms with Crippen LogP contribution in [0.4, 0.5) is 5.82 Å². The lowest BCUT2D eigenvalue weighted by Crippen LogP contribution is -2.37. The van der Waals surface area contributed by atoms with E-state index in [1.54, 1.807) is 35.7 Å². The van der Waals surface area contributed by atoms with Crippen molar-refractivity contribution in [1.29, 1.82) is 0 Å². The second-order valence-corrected chi connectivity index (χ2v) is 7.91. The van der Waals surface area contributed by atoms with Gasteiger partial charge in [-0.2, -0.15) is 0 Å². The lowest BCUT2D eigenvalue weighted by molar-refractivity contribution is 0.350. The van der Waals surface area contributed by atoms with Gasteiger partial charge in [-0.1, -0.05) is 0 Å². The molecule has 1 fully saturated rings. The number of pyridine rings is 1. The average Bonchev–Trinajstić information content (AvgIpc) is 3.25. The van der Waals surface area contributed by atoms with E-state index in [1.807, 2.05) is 12.1 Å². The summed E-state index contributed by atoms with van der Waals surface area (Å²) < 4.78 is 1.74. The van der Waals surface area contributed by atoms with Gasteiger partial charge < -0.3 is 4.90 Å². The predicted molar refractivity (Wildman–Crippen MR) is 111 cm³/mol. The highest BCUT2D eigenvalue weighted by molar-refractivity contribution is 5.56. The van der Waals surface area contributed by atoms with E-state index < -0.39 is 0 Å². The van der Waals surface area contributed by atoms with Crippen molar-refractivity contribution < 1.29 is 0 Å². The third-order valence-electron chi connectivity index (χ3n) is 6.06. The molecule has 3 aromatic rings. The van der Waals surface area contributed by atoms with Crippen LogP contribution >= 0.6 is 0 Å². The van der Waals surface area contributed by atoms with Gasteiger partial charge in [-0.3, -0.25) is 14.3 Å². The van der Waals surface area contributed by atoms with Crippen LogP contribution in [0.1, 0.15) is 30.5 Å². The van der Waals surface area contributed by atoms with Gasteiger partial charge >= 0.3 is 0 Å². The molecule has 29 heavy (non-hydrogen) atoms. The first kappa shape index (κ1) is 18.0. The fourth-order valence-electron chi connectivity index (χ4n) is 4.46. The summed E-state index contributed by atoms with van der Waals surface area (Å²) >= 11 is 0. The van der Waals surface area contributed by atoms with Crippen molar-refractivity contribution in [3.8, 4) is 11.3 Å². The molecule has 0 spiro atoms. The highest BCUT2D eigenvalue weighted by Crippen LogP contribution is 2.30. The number of piperidine rings is 1. The van der Waals surface area contributed by atoms with Crippen LogP contribution < -0.4 is 10.5 Å². The Balaban J connectivity index is 1.25. The lowest BCUT2D eigenvalue weighted by Gasteiger charge is -2.33. The zero-order valence-corrected chi connectivity index (χ0v) is 16.4. The largest absolute Gasteiger partial charge is 0.356 e. The van der Waals surface area contributed by atoms with Gasteiger partial charge in [0.1, 0.15) is 12.1 Å². The summed E-state index contributed by atoms with van der Waals surface area (Å²) in [4.78, 5) is 32.6. The molecule has 7 nitrogen and oxygen atoms in total. The molecule has 0 atom stereocenters. The number of fused-ring (bicyclic) bond motifs is 1. The number of aryl methyl sites for hydroxylation is 1. The standard InChI is InChI=1S/C22H24N6O/c29-21-11-20(17-3-2-8-23-12-17)26-15-28(21)13-16-6-9-27(10-7-16)22-18-4-1-5-19(18)24-14-25-22/h2-3,8,11-12,14-16H,1,4-7,9-10,13H2. The minimum absolute atomic E-state index is 0.00472. The molecule has 0 saturated carbocycles. The van der Waals surface area contributed by atoms with Gasteiger partial charge in [0.2, 0.25) is 0 Å². The number of hydrogen-bond donors (Lipinski definition) is 0. The zero-order valence-electron chi connectivity index (χ0n) is 16.4. The number of nitrogens with zero attached hydrogens (tertiary/aromatic N) is 6. The molecule has 0 aromatic carbocycles. The summed E-state index contributed by atoms with van der Waals surface area (Å²) in [6.07, 6.45) is 12.3. The molecule has 1 aliphatic heterocycles. The molecule has 0 N–H and O–H groups in total. The molecule has 7 heteroatoms. The van der Waals surface area contributed by atoms with Crippen molar-refractivity contribution in [3.05, 3.63) is 64.9 Å². The molecule has 0 unspecified atom stereocenters. The summed E-state index contributed by atoms with van der Waals surface area (Å²) in [5, 5.41) is 0. The number of hydrogen-bond acceptors (Lipinski definition) is 6. The highest BCUT2D eigenvalue weighted by atomic mass is 16.1. The number of rotatable bonds is 4. The van der Waals surface area contributed by atoms with E-state index in [-0.39, 0.29) is 5.56 Å². The molecule has 1 saturated heterocycles. The number of aromatic nitrogens is 5. The third-order valence-corrected chi connectivity index (χ3v) is 6.06. The Hall–Kier alpha value is -3.09.